The maximum absolute atomic E-state index is 5.90. The molecule has 1 aliphatic heterocycles. The molecule has 0 amide bonds. The molecule has 0 unspecified atom stereocenters. The van der Waals surface area contributed by atoms with E-state index in [9.17, 15) is 0 Å². The number of unbranched alkanes of at least 4 members (excludes halogenated alkanes) is 1. The molecule has 0 bridgehead atoms. The predicted molar refractivity (Wildman–Crippen MR) is 119 cm³/mol. The van der Waals surface area contributed by atoms with Crippen molar-refractivity contribution in [2.75, 3.05) is 33.0 Å². The van der Waals surface area contributed by atoms with Crippen molar-refractivity contribution in [3.63, 3.8) is 0 Å². The van der Waals surface area contributed by atoms with E-state index >= 15 is 0 Å². The van der Waals surface area contributed by atoms with Gasteiger partial charge in [-0.15, -0.1) is 6.54 Å². The van der Waals surface area contributed by atoms with Crippen LogP contribution in [0.2, 0.25) is 0 Å². The number of nitrogens with zero attached hydrogens (tertiary/aromatic N) is 1. The molecule has 0 spiro atoms. The summed E-state index contributed by atoms with van der Waals surface area (Å²) in [5.41, 5.74) is 1.20. The Balaban J connectivity index is 0. The second-order valence-corrected chi connectivity index (χ2v) is 6.71. The van der Waals surface area contributed by atoms with Gasteiger partial charge in [-0.3, -0.25) is 0 Å². The maximum Gasteiger partial charge on any atom is 2.00 e. The largest absolute Gasteiger partial charge is 2.00 e. The van der Waals surface area contributed by atoms with E-state index in [1.165, 1.54) is 5.57 Å². The Hall–Kier alpha value is -0.368. The van der Waals surface area contributed by atoms with Crippen LogP contribution in [0.5, 0.6) is 0 Å². The first-order chi connectivity index (χ1) is 13.6. The van der Waals surface area contributed by atoms with Gasteiger partial charge in [0, 0.05) is 12.0 Å². The third-order valence-electron chi connectivity index (χ3n) is 4.38. The summed E-state index contributed by atoms with van der Waals surface area (Å²) < 4.78 is 16.8. The summed E-state index contributed by atoms with van der Waals surface area (Å²) in [7, 11) is 0. The average Bonchev–Trinajstić information content (AvgIpc) is 3.09. The van der Waals surface area contributed by atoms with Crippen LogP contribution in [0.4, 0.5) is 0 Å². The smallest absolute Gasteiger partial charge is 0.494 e. The molecule has 0 saturated heterocycles. The Bertz CT molecular complexity index is 494. The number of ether oxygens (including phenoxy) is 3. The number of rotatable bonds is 9. The number of hydrogen-bond donors (Lipinski definition) is 0. The van der Waals surface area contributed by atoms with E-state index in [1.54, 1.807) is 0 Å². The molecule has 0 aromatic heterocycles. The van der Waals surface area contributed by atoms with Crippen molar-refractivity contribution >= 4 is 0 Å². The van der Waals surface area contributed by atoms with E-state index in [2.05, 4.69) is 58.6 Å². The van der Waals surface area contributed by atoms with Gasteiger partial charge in [-0.05, 0) is 37.6 Å². The standard InChI is InChI=1S/C15H22O3.C7H15N.C2H6.U/c1-4-5-8-16-13-6-7-14-15(18-10-17-14)9-12(13)11(2)3;1-4-7-8(5-2)6-3;1-2;/h6,9,11H,4-5,7-8,10H2,1-3H3;1-2,4-7H2,3H3;1-2H3;/q;-2;;+2. The van der Waals surface area contributed by atoms with Crippen molar-refractivity contribution in [3.05, 3.63) is 48.9 Å². The summed E-state index contributed by atoms with van der Waals surface area (Å²) in [5.74, 6) is 3.18. The van der Waals surface area contributed by atoms with Gasteiger partial charge in [0.2, 0.25) is 6.79 Å². The number of hydrogen-bond acceptors (Lipinski definition) is 4. The molecular formula is C24H43NO3U. The van der Waals surface area contributed by atoms with Gasteiger partial charge in [0.15, 0.2) is 5.76 Å². The van der Waals surface area contributed by atoms with E-state index in [-0.39, 0.29) is 31.1 Å². The summed E-state index contributed by atoms with van der Waals surface area (Å²) in [5, 5.41) is 0. The monoisotopic (exact) mass is 631 g/mol. The zero-order valence-corrected chi connectivity index (χ0v) is 23.8. The van der Waals surface area contributed by atoms with Crippen LogP contribution in [0, 0.1) is 50.9 Å². The van der Waals surface area contributed by atoms with E-state index in [1.807, 2.05) is 13.8 Å². The molecule has 0 aromatic rings. The normalized spacial score (nSPS) is 14.7. The minimum atomic E-state index is 0. The summed E-state index contributed by atoms with van der Waals surface area (Å²) >= 11 is 0. The quantitative estimate of drug-likeness (QED) is 0.222. The van der Waals surface area contributed by atoms with Gasteiger partial charge < -0.3 is 33.0 Å². The molecule has 1 heterocycles. The van der Waals surface area contributed by atoms with Crippen LogP contribution in [0.15, 0.2) is 35.0 Å². The second-order valence-electron chi connectivity index (χ2n) is 6.71. The fourth-order valence-electron chi connectivity index (χ4n) is 2.68. The zero-order chi connectivity index (χ0) is 21.4. The number of allylic oxidation sites excluding steroid dienone is 3. The van der Waals surface area contributed by atoms with Crippen molar-refractivity contribution in [1.29, 1.82) is 0 Å². The third-order valence-corrected chi connectivity index (χ3v) is 4.38. The fourth-order valence-corrected chi connectivity index (χ4v) is 2.68. The Morgan fingerprint density at radius 3 is 2.34 bits per heavy atom. The molecule has 0 aromatic carbocycles. The van der Waals surface area contributed by atoms with Gasteiger partial charge in [0.25, 0.3) is 0 Å². The van der Waals surface area contributed by atoms with Crippen LogP contribution >= 0.6 is 0 Å². The van der Waals surface area contributed by atoms with Crippen molar-refractivity contribution < 1.29 is 45.3 Å². The van der Waals surface area contributed by atoms with Crippen LogP contribution in [0.25, 0.3) is 0 Å². The third kappa shape index (κ3) is 12.2. The minimum absolute atomic E-state index is 0. The van der Waals surface area contributed by atoms with Gasteiger partial charge in [0.1, 0.15) is 11.5 Å². The molecule has 2 rings (SSSR count). The molecule has 2 aliphatic rings. The molecule has 0 fully saturated rings. The first-order valence-electron chi connectivity index (χ1n) is 10.9. The molecule has 29 heavy (non-hydrogen) atoms. The van der Waals surface area contributed by atoms with Crippen LogP contribution in [0.3, 0.4) is 0 Å². The van der Waals surface area contributed by atoms with Gasteiger partial charge in [0.05, 0.1) is 6.61 Å². The molecule has 5 heteroatoms. The van der Waals surface area contributed by atoms with Gasteiger partial charge in [-0.2, -0.15) is 6.42 Å². The van der Waals surface area contributed by atoms with E-state index < -0.39 is 0 Å². The molecule has 4 nitrogen and oxygen atoms in total. The first-order valence-corrected chi connectivity index (χ1v) is 10.9. The Kier molecular flexibility index (Phi) is 20.8. The van der Waals surface area contributed by atoms with Crippen molar-refractivity contribution in [2.24, 2.45) is 5.92 Å². The Labute approximate surface area is 204 Å². The van der Waals surface area contributed by atoms with Crippen molar-refractivity contribution in [3.8, 4) is 0 Å². The molecule has 0 saturated carbocycles. The summed E-state index contributed by atoms with van der Waals surface area (Å²) in [6.45, 7) is 24.4. The topological polar surface area (TPSA) is 30.9 Å². The Morgan fingerprint density at radius 2 is 1.86 bits per heavy atom. The molecule has 1 aliphatic carbocycles. The van der Waals surface area contributed by atoms with Crippen LogP contribution < -0.4 is 0 Å². The average molecular weight is 632 g/mol. The fraction of sp³-hybridized carbons (Fsp3) is 0.667. The molecular weight excluding hydrogens is 588 g/mol. The summed E-state index contributed by atoms with van der Waals surface area (Å²) in [6, 6.07) is 0. The minimum Gasteiger partial charge on any atom is -0.494 e. The molecule has 0 N–H and O–H groups in total. The van der Waals surface area contributed by atoms with E-state index in [0.29, 0.717) is 12.7 Å². The summed E-state index contributed by atoms with van der Waals surface area (Å²) in [6.07, 6.45) is 8.15. The SMILES string of the molecule is CC.CCCCOC1=CCC2=C(C=C1C(C)C)OCO2.[CH2-]CCN(C[CH2-])CC.[U+2]. The van der Waals surface area contributed by atoms with Crippen molar-refractivity contribution in [2.45, 2.75) is 67.2 Å². The molecule has 0 radical (unpaired) electrons. The van der Waals surface area contributed by atoms with Gasteiger partial charge in [-0.1, -0.05) is 48.0 Å². The summed E-state index contributed by atoms with van der Waals surface area (Å²) in [4.78, 5) is 2.26. The molecule has 0 atom stereocenters. The van der Waals surface area contributed by atoms with Crippen molar-refractivity contribution in [1.82, 2.24) is 4.90 Å². The first kappa shape index (κ1) is 30.8. The van der Waals surface area contributed by atoms with Crippen LogP contribution in [-0.2, 0) is 14.2 Å². The zero-order valence-electron chi connectivity index (χ0n) is 19.7. The van der Waals surface area contributed by atoms with Gasteiger partial charge in [-0.25, -0.2) is 0 Å². The Morgan fingerprint density at radius 1 is 1.17 bits per heavy atom. The van der Waals surface area contributed by atoms with Crippen LogP contribution in [0.1, 0.15) is 67.2 Å². The van der Waals surface area contributed by atoms with Crippen LogP contribution in [-0.4, -0.2) is 37.9 Å². The predicted octanol–water partition coefficient (Wildman–Crippen LogP) is 6.28. The van der Waals surface area contributed by atoms with Gasteiger partial charge >= 0.3 is 31.1 Å². The van der Waals surface area contributed by atoms with E-state index in [0.717, 1.165) is 69.2 Å². The second kappa shape index (κ2) is 19.6. The van der Waals surface area contributed by atoms with E-state index in [4.69, 9.17) is 14.2 Å². The maximum atomic E-state index is 5.90. The molecule has 166 valence electrons.